The van der Waals surface area contributed by atoms with Gasteiger partial charge in [0.15, 0.2) is 9.84 Å². The highest BCUT2D eigenvalue weighted by Crippen LogP contribution is 2.26. The Labute approximate surface area is 121 Å². The fraction of sp³-hybridized carbons (Fsp3) is 0.625. The molecular weight excluding hydrogens is 270 g/mol. The third-order valence-corrected chi connectivity index (χ3v) is 6.48. The van der Waals surface area contributed by atoms with Crippen molar-refractivity contribution in [2.24, 2.45) is 5.92 Å². The molecular formula is C16H23NO2S. The summed E-state index contributed by atoms with van der Waals surface area (Å²) in [5.41, 5.74) is 2.60. The Balaban J connectivity index is 1.79. The van der Waals surface area contributed by atoms with Gasteiger partial charge in [-0.3, -0.25) is 0 Å². The first-order valence-electron chi connectivity index (χ1n) is 7.70. The fourth-order valence-electron chi connectivity index (χ4n) is 3.36. The van der Waals surface area contributed by atoms with Gasteiger partial charge in [0.25, 0.3) is 0 Å². The number of fused-ring (bicyclic) bond motifs is 1. The second kappa shape index (κ2) is 5.86. The van der Waals surface area contributed by atoms with Gasteiger partial charge in [0.1, 0.15) is 0 Å². The van der Waals surface area contributed by atoms with E-state index in [1.807, 2.05) is 18.2 Å². The Morgan fingerprint density at radius 2 is 1.75 bits per heavy atom. The summed E-state index contributed by atoms with van der Waals surface area (Å²) in [6, 6.07) is 5.79. The topological polar surface area (TPSA) is 46.2 Å². The molecule has 0 spiro atoms. The summed E-state index contributed by atoms with van der Waals surface area (Å²) in [6.45, 7) is 1.90. The van der Waals surface area contributed by atoms with Crippen LogP contribution in [0.15, 0.2) is 23.1 Å². The average molecular weight is 293 g/mol. The lowest BCUT2D eigenvalue weighted by Crippen LogP contribution is -2.31. The van der Waals surface area contributed by atoms with Crippen molar-refractivity contribution in [1.29, 1.82) is 0 Å². The third-order valence-electron chi connectivity index (χ3n) is 4.59. The molecule has 1 heterocycles. The molecule has 20 heavy (non-hydrogen) atoms. The molecule has 110 valence electrons. The summed E-state index contributed by atoms with van der Waals surface area (Å²) in [4.78, 5) is 0.539. The number of aryl methyl sites for hydroxylation is 2. The maximum Gasteiger partial charge on any atom is 0.178 e. The lowest BCUT2D eigenvalue weighted by molar-refractivity contribution is 0.401. The Hall–Kier alpha value is -0.870. The molecule has 4 heteroatoms. The average Bonchev–Trinajstić information content (AvgIpc) is 2.47. The van der Waals surface area contributed by atoms with Crippen molar-refractivity contribution in [3.8, 4) is 0 Å². The van der Waals surface area contributed by atoms with Crippen LogP contribution in [0.3, 0.4) is 0 Å². The van der Waals surface area contributed by atoms with Crippen LogP contribution in [-0.2, 0) is 22.7 Å². The van der Waals surface area contributed by atoms with Gasteiger partial charge in [-0.05, 0) is 80.8 Å². The van der Waals surface area contributed by atoms with Crippen molar-refractivity contribution in [3.63, 3.8) is 0 Å². The van der Waals surface area contributed by atoms with Crippen molar-refractivity contribution in [3.05, 3.63) is 29.3 Å². The summed E-state index contributed by atoms with van der Waals surface area (Å²) in [5.74, 6) is 0.630. The molecule has 1 aromatic rings. The van der Waals surface area contributed by atoms with E-state index in [0.29, 0.717) is 16.6 Å². The van der Waals surface area contributed by atoms with Crippen LogP contribution >= 0.6 is 0 Å². The molecule has 0 unspecified atom stereocenters. The van der Waals surface area contributed by atoms with Crippen molar-refractivity contribution in [2.75, 3.05) is 18.8 Å². The Morgan fingerprint density at radius 3 is 2.50 bits per heavy atom. The lowest BCUT2D eigenvalue weighted by atomic mass is 9.92. The van der Waals surface area contributed by atoms with E-state index >= 15 is 0 Å². The molecule has 0 bridgehead atoms. The van der Waals surface area contributed by atoms with Gasteiger partial charge < -0.3 is 5.32 Å². The summed E-state index contributed by atoms with van der Waals surface area (Å²) in [5, 5.41) is 3.29. The Morgan fingerprint density at radius 1 is 1.05 bits per heavy atom. The molecule has 0 aromatic heterocycles. The molecule has 1 saturated heterocycles. The molecule has 0 saturated carbocycles. The first-order valence-corrected chi connectivity index (χ1v) is 9.36. The molecule has 1 N–H and O–H groups in total. The molecule has 3 nitrogen and oxygen atoms in total. The van der Waals surface area contributed by atoms with E-state index in [1.165, 1.54) is 24.0 Å². The van der Waals surface area contributed by atoms with Crippen molar-refractivity contribution >= 4 is 9.84 Å². The summed E-state index contributed by atoms with van der Waals surface area (Å²) in [6.07, 6.45) is 6.50. The van der Waals surface area contributed by atoms with E-state index in [2.05, 4.69) is 5.32 Å². The maximum absolute atomic E-state index is 12.6. The van der Waals surface area contributed by atoms with Crippen LogP contribution in [0.1, 0.15) is 36.8 Å². The summed E-state index contributed by atoms with van der Waals surface area (Å²) >= 11 is 0. The van der Waals surface area contributed by atoms with Gasteiger partial charge in [0.05, 0.1) is 10.6 Å². The number of benzene rings is 1. The van der Waals surface area contributed by atoms with Crippen LogP contribution in [0.4, 0.5) is 0 Å². The normalized spacial score (nSPS) is 20.6. The predicted octanol–water partition coefficient (Wildman–Crippen LogP) is 2.34. The second-order valence-electron chi connectivity index (χ2n) is 6.11. The van der Waals surface area contributed by atoms with Crippen LogP contribution in [0.5, 0.6) is 0 Å². The van der Waals surface area contributed by atoms with Crippen molar-refractivity contribution in [2.45, 2.75) is 43.4 Å². The van der Waals surface area contributed by atoms with Gasteiger partial charge >= 0.3 is 0 Å². The van der Waals surface area contributed by atoms with E-state index in [-0.39, 0.29) is 0 Å². The Bertz CT molecular complexity index is 574. The number of sulfone groups is 1. The number of piperidine rings is 1. The largest absolute Gasteiger partial charge is 0.317 e. The number of hydrogen-bond donors (Lipinski definition) is 1. The molecule has 1 aliphatic carbocycles. The second-order valence-corrected chi connectivity index (χ2v) is 8.15. The van der Waals surface area contributed by atoms with Gasteiger partial charge in [-0.15, -0.1) is 0 Å². The smallest absolute Gasteiger partial charge is 0.178 e. The molecule has 1 aliphatic heterocycles. The van der Waals surface area contributed by atoms with Crippen LogP contribution in [0.2, 0.25) is 0 Å². The highest BCUT2D eigenvalue weighted by Gasteiger charge is 2.23. The highest BCUT2D eigenvalue weighted by molar-refractivity contribution is 7.91. The molecule has 1 fully saturated rings. The molecule has 0 amide bonds. The molecule has 1 aromatic carbocycles. The van der Waals surface area contributed by atoms with Crippen LogP contribution in [0, 0.1) is 5.92 Å². The standard InChI is InChI=1S/C16H23NO2S/c18-20(19,12-13-7-9-17-10-8-13)16-6-5-14-3-1-2-4-15(14)11-16/h5-6,11,13,17H,1-4,7-10,12H2. The van der Waals surface area contributed by atoms with Crippen LogP contribution in [-0.4, -0.2) is 27.3 Å². The third kappa shape index (κ3) is 3.07. The minimum Gasteiger partial charge on any atom is -0.317 e. The van der Waals surface area contributed by atoms with E-state index < -0.39 is 9.84 Å². The van der Waals surface area contributed by atoms with Gasteiger partial charge in [-0.2, -0.15) is 0 Å². The van der Waals surface area contributed by atoms with E-state index in [0.717, 1.165) is 38.8 Å². The molecule has 2 aliphatic rings. The minimum absolute atomic E-state index is 0.313. The molecule has 0 atom stereocenters. The molecule has 3 rings (SSSR count). The van der Waals surface area contributed by atoms with E-state index in [1.54, 1.807) is 0 Å². The lowest BCUT2D eigenvalue weighted by Gasteiger charge is -2.23. The first-order chi connectivity index (χ1) is 9.65. The zero-order chi connectivity index (χ0) is 14.0. The maximum atomic E-state index is 12.6. The molecule has 0 radical (unpaired) electrons. The van der Waals surface area contributed by atoms with Gasteiger partial charge in [-0.25, -0.2) is 8.42 Å². The van der Waals surface area contributed by atoms with Crippen molar-refractivity contribution < 1.29 is 8.42 Å². The van der Waals surface area contributed by atoms with Crippen LogP contribution in [0.25, 0.3) is 0 Å². The summed E-state index contributed by atoms with van der Waals surface area (Å²) < 4.78 is 25.1. The van der Waals surface area contributed by atoms with Gasteiger partial charge in [-0.1, -0.05) is 6.07 Å². The summed E-state index contributed by atoms with van der Waals surface area (Å²) in [7, 11) is -3.12. The van der Waals surface area contributed by atoms with E-state index in [9.17, 15) is 8.42 Å². The van der Waals surface area contributed by atoms with Crippen LogP contribution < -0.4 is 5.32 Å². The number of hydrogen-bond acceptors (Lipinski definition) is 3. The number of rotatable bonds is 3. The monoisotopic (exact) mass is 293 g/mol. The predicted molar refractivity (Wildman–Crippen MR) is 80.7 cm³/mol. The Kier molecular flexibility index (Phi) is 4.13. The van der Waals surface area contributed by atoms with Crippen molar-refractivity contribution in [1.82, 2.24) is 5.32 Å². The van der Waals surface area contributed by atoms with Gasteiger partial charge in [0, 0.05) is 0 Å². The fourth-order valence-corrected chi connectivity index (χ4v) is 5.10. The number of nitrogens with one attached hydrogen (secondary N) is 1. The van der Waals surface area contributed by atoms with Gasteiger partial charge in [0.2, 0.25) is 0 Å². The quantitative estimate of drug-likeness (QED) is 0.930. The SMILES string of the molecule is O=S(=O)(CC1CCNCC1)c1ccc2c(c1)CCCC2. The zero-order valence-corrected chi connectivity index (χ0v) is 12.7. The first kappa shape index (κ1) is 14.1. The zero-order valence-electron chi connectivity index (χ0n) is 11.9. The highest BCUT2D eigenvalue weighted by atomic mass is 32.2. The minimum atomic E-state index is -3.12. The van der Waals surface area contributed by atoms with E-state index in [4.69, 9.17) is 0 Å².